The number of hydrogen-bond acceptors (Lipinski definition) is 4. The van der Waals surface area contributed by atoms with Gasteiger partial charge in [0, 0.05) is 11.3 Å². The predicted molar refractivity (Wildman–Crippen MR) is 96.1 cm³/mol. The molecule has 0 fully saturated rings. The molecule has 0 amide bonds. The third kappa shape index (κ3) is 2.90. The molecule has 4 nitrogen and oxygen atoms in total. The van der Waals surface area contributed by atoms with E-state index in [9.17, 15) is 5.26 Å². The monoisotopic (exact) mass is 340 g/mol. The average Bonchev–Trinajstić information content (AvgIpc) is 2.61. The third-order valence-electron chi connectivity index (χ3n) is 4.38. The van der Waals surface area contributed by atoms with Crippen molar-refractivity contribution in [1.82, 2.24) is 4.98 Å². The highest BCUT2D eigenvalue weighted by Crippen LogP contribution is 2.38. The van der Waals surface area contributed by atoms with Crippen molar-refractivity contribution in [3.05, 3.63) is 39.7 Å². The number of nitrogens with one attached hydrogen (secondary N) is 1. The van der Waals surface area contributed by atoms with E-state index in [-0.39, 0.29) is 0 Å². The minimum atomic E-state index is 0.515. The van der Waals surface area contributed by atoms with Crippen molar-refractivity contribution in [1.29, 1.82) is 5.26 Å². The van der Waals surface area contributed by atoms with Crippen LogP contribution in [0.2, 0.25) is 0 Å². The van der Waals surface area contributed by atoms with Crippen LogP contribution in [0.1, 0.15) is 36.6 Å². The van der Waals surface area contributed by atoms with E-state index in [4.69, 9.17) is 21.7 Å². The summed E-state index contributed by atoms with van der Waals surface area (Å²) in [6.07, 6.45) is 4.21. The maximum atomic E-state index is 9.63. The number of fused-ring (bicyclic) bond motifs is 1. The molecule has 1 aliphatic rings. The number of benzene rings is 1. The van der Waals surface area contributed by atoms with Crippen molar-refractivity contribution < 1.29 is 9.47 Å². The zero-order valence-corrected chi connectivity index (χ0v) is 14.8. The second kappa shape index (κ2) is 7.06. The van der Waals surface area contributed by atoms with Crippen molar-refractivity contribution in [2.75, 3.05) is 13.7 Å². The smallest absolute Gasteiger partial charge is 0.161 e. The van der Waals surface area contributed by atoms with Crippen LogP contribution in [0.15, 0.2) is 18.2 Å². The van der Waals surface area contributed by atoms with Gasteiger partial charge in [-0.25, -0.2) is 0 Å². The summed E-state index contributed by atoms with van der Waals surface area (Å²) in [4.78, 5) is 3.25. The van der Waals surface area contributed by atoms with Crippen LogP contribution in [0.5, 0.6) is 11.5 Å². The lowest BCUT2D eigenvalue weighted by molar-refractivity contribution is 0.311. The second-order valence-electron chi connectivity index (χ2n) is 5.78. The SMILES string of the molecule is CCOc1ccc(-c2c3c([nH]c(=S)c2C#N)CCCC3)cc1OC. The summed E-state index contributed by atoms with van der Waals surface area (Å²) in [5, 5.41) is 9.63. The summed E-state index contributed by atoms with van der Waals surface area (Å²) in [5.74, 6) is 1.37. The lowest BCUT2D eigenvalue weighted by Crippen LogP contribution is -2.09. The molecule has 1 N–H and O–H groups in total. The Morgan fingerprint density at radius 1 is 1.25 bits per heavy atom. The molecule has 0 unspecified atom stereocenters. The maximum Gasteiger partial charge on any atom is 0.161 e. The predicted octanol–water partition coefficient (Wildman–Crippen LogP) is 4.57. The first kappa shape index (κ1) is 16.5. The van der Waals surface area contributed by atoms with E-state index in [0.29, 0.717) is 28.3 Å². The molecule has 0 spiro atoms. The fourth-order valence-electron chi connectivity index (χ4n) is 3.31. The molecule has 124 valence electrons. The van der Waals surface area contributed by atoms with Gasteiger partial charge in [0.05, 0.1) is 19.3 Å². The third-order valence-corrected chi connectivity index (χ3v) is 4.68. The lowest BCUT2D eigenvalue weighted by atomic mass is 9.87. The summed E-state index contributed by atoms with van der Waals surface area (Å²) >= 11 is 5.42. The summed E-state index contributed by atoms with van der Waals surface area (Å²) in [5.41, 5.74) is 4.80. The standard InChI is InChI=1S/C19H20N2O2S/c1-3-23-16-9-8-12(10-17(16)22-2)18-13-6-4-5-7-15(13)21-19(24)14(18)11-20/h8-10H,3-7H2,1-2H3,(H,21,24). The van der Waals surface area contributed by atoms with Crippen molar-refractivity contribution in [2.24, 2.45) is 0 Å². The Balaban J connectivity index is 2.24. The van der Waals surface area contributed by atoms with Gasteiger partial charge < -0.3 is 14.5 Å². The largest absolute Gasteiger partial charge is 0.493 e. The van der Waals surface area contributed by atoms with E-state index in [1.165, 1.54) is 5.56 Å². The van der Waals surface area contributed by atoms with Gasteiger partial charge >= 0.3 is 0 Å². The van der Waals surface area contributed by atoms with Crippen LogP contribution < -0.4 is 9.47 Å². The Bertz CT molecular complexity index is 865. The van der Waals surface area contributed by atoms with E-state index >= 15 is 0 Å². The molecule has 0 bridgehead atoms. The number of H-pyrrole nitrogens is 1. The van der Waals surface area contributed by atoms with Crippen LogP contribution in [0.25, 0.3) is 11.1 Å². The molecule has 0 radical (unpaired) electrons. The van der Waals surface area contributed by atoms with Gasteiger partial charge in [0.25, 0.3) is 0 Å². The highest BCUT2D eigenvalue weighted by Gasteiger charge is 2.21. The average molecular weight is 340 g/mol. The number of aryl methyl sites for hydroxylation is 1. The molecule has 1 aromatic carbocycles. The Kier molecular flexibility index (Phi) is 4.86. The van der Waals surface area contributed by atoms with Gasteiger partial charge in [0.1, 0.15) is 10.7 Å². The number of rotatable bonds is 4. The molecular weight excluding hydrogens is 320 g/mol. The fourth-order valence-corrected chi connectivity index (χ4v) is 3.58. The molecule has 0 aliphatic heterocycles. The highest BCUT2D eigenvalue weighted by molar-refractivity contribution is 7.71. The molecule has 0 saturated heterocycles. The molecule has 3 rings (SSSR count). The zero-order chi connectivity index (χ0) is 17.1. The van der Waals surface area contributed by atoms with Gasteiger partial charge in [-0.1, -0.05) is 18.3 Å². The molecule has 24 heavy (non-hydrogen) atoms. The quantitative estimate of drug-likeness (QED) is 0.828. The van der Waals surface area contributed by atoms with Gasteiger partial charge in [-0.15, -0.1) is 0 Å². The van der Waals surface area contributed by atoms with Crippen molar-refractivity contribution in [3.63, 3.8) is 0 Å². The van der Waals surface area contributed by atoms with E-state index in [0.717, 1.165) is 42.5 Å². The van der Waals surface area contributed by atoms with Crippen LogP contribution in [0.3, 0.4) is 0 Å². The van der Waals surface area contributed by atoms with Gasteiger partial charge in [0.15, 0.2) is 11.5 Å². The van der Waals surface area contributed by atoms with Gasteiger partial charge in [-0.3, -0.25) is 0 Å². The van der Waals surface area contributed by atoms with Crippen molar-refractivity contribution in [3.8, 4) is 28.7 Å². The number of hydrogen-bond donors (Lipinski definition) is 1. The number of methoxy groups -OCH3 is 1. The second-order valence-corrected chi connectivity index (χ2v) is 6.19. The number of ether oxygens (including phenoxy) is 2. The Morgan fingerprint density at radius 2 is 2.04 bits per heavy atom. The van der Waals surface area contributed by atoms with Crippen molar-refractivity contribution >= 4 is 12.2 Å². The number of nitrogens with zero attached hydrogens (tertiary/aromatic N) is 1. The van der Waals surface area contributed by atoms with E-state index in [1.54, 1.807) is 7.11 Å². The number of aromatic nitrogens is 1. The molecule has 5 heteroatoms. The van der Waals surface area contributed by atoms with Crippen LogP contribution in [0.4, 0.5) is 0 Å². The molecule has 1 aromatic heterocycles. The Hall–Kier alpha value is -2.32. The van der Waals surface area contributed by atoms with E-state index in [1.807, 2.05) is 25.1 Å². The molecule has 1 heterocycles. The van der Waals surface area contributed by atoms with Gasteiger partial charge in [0.2, 0.25) is 0 Å². The molecule has 1 aliphatic carbocycles. The zero-order valence-electron chi connectivity index (χ0n) is 13.9. The van der Waals surface area contributed by atoms with Crippen LogP contribution in [-0.4, -0.2) is 18.7 Å². The topological polar surface area (TPSA) is 58.0 Å². The van der Waals surface area contributed by atoms with Crippen LogP contribution in [-0.2, 0) is 12.8 Å². The van der Waals surface area contributed by atoms with Gasteiger partial charge in [-0.2, -0.15) is 5.26 Å². The van der Waals surface area contributed by atoms with Gasteiger partial charge in [-0.05, 0) is 55.9 Å². The van der Waals surface area contributed by atoms with Crippen LogP contribution in [0, 0.1) is 16.0 Å². The lowest BCUT2D eigenvalue weighted by Gasteiger charge is -2.21. The molecular formula is C19H20N2O2S. The molecule has 0 atom stereocenters. The first-order valence-electron chi connectivity index (χ1n) is 8.19. The summed E-state index contributed by atoms with van der Waals surface area (Å²) in [6.45, 7) is 2.51. The summed E-state index contributed by atoms with van der Waals surface area (Å²) < 4.78 is 11.6. The van der Waals surface area contributed by atoms with E-state index in [2.05, 4.69) is 11.1 Å². The first-order valence-corrected chi connectivity index (χ1v) is 8.59. The number of aromatic amines is 1. The Morgan fingerprint density at radius 3 is 2.75 bits per heavy atom. The van der Waals surface area contributed by atoms with Crippen LogP contribution >= 0.6 is 12.2 Å². The fraction of sp³-hybridized carbons (Fsp3) is 0.368. The van der Waals surface area contributed by atoms with E-state index < -0.39 is 0 Å². The van der Waals surface area contributed by atoms with Crippen molar-refractivity contribution in [2.45, 2.75) is 32.6 Å². The molecule has 0 saturated carbocycles. The first-order chi connectivity index (χ1) is 11.7. The summed E-state index contributed by atoms with van der Waals surface area (Å²) in [6, 6.07) is 8.09. The highest BCUT2D eigenvalue weighted by atomic mass is 32.1. The summed E-state index contributed by atoms with van der Waals surface area (Å²) in [7, 11) is 1.62. The molecule has 2 aromatic rings. The number of nitriles is 1. The minimum Gasteiger partial charge on any atom is -0.493 e. The minimum absolute atomic E-state index is 0.515. The Labute approximate surface area is 147 Å². The maximum absolute atomic E-state index is 9.63. The number of pyridine rings is 1. The normalized spacial score (nSPS) is 13.0.